The average molecular weight is 386 g/mol. The highest BCUT2D eigenvalue weighted by Crippen LogP contribution is 2.29. The quantitative estimate of drug-likeness (QED) is 0.754. The van der Waals surface area contributed by atoms with Crippen LogP contribution in [0.15, 0.2) is 48.5 Å². The highest BCUT2D eigenvalue weighted by atomic mass is 16.5. The molecule has 0 unspecified atom stereocenters. The van der Waals surface area contributed by atoms with E-state index in [-0.39, 0.29) is 0 Å². The van der Waals surface area contributed by atoms with E-state index in [0.29, 0.717) is 11.6 Å². The van der Waals surface area contributed by atoms with Gasteiger partial charge in [0.2, 0.25) is 0 Å². The zero-order chi connectivity index (χ0) is 20.4. The molecule has 0 saturated heterocycles. The summed E-state index contributed by atoms with van der Waals surface area (Å²) in [5, 5.41) is 12.3. The molecule has 0 aromatic heterocycles. The summed E-state index contributed by atoms with van der Waals surface area (Å²) < 4.78 is 10.2. The Morgan fingerprint density at radius 2 is 1.93 bits per heavy atom. The van der Waals surface area contributed by atoms with Gasteiger partial charge in [-0.2, -0.15) is 0 Å². The Kier molecular flexibility index (Phi) is 8.98. The highest BCUT2D eigenvalue weighted by Gasteiger charge is 2.20. The second-order valence-corrected chi connectivity index (χ2v) is 6.86. The maximum absolute atomic E-state index is 10.6. The molecule has 0 radical (unpaired) electrons. The summed E-state index contributed by atoms with van der Waals surface area (Å²) in [6, 6.07) is 15.9. The zero-order valence-electron chi connectivity index (χ0n) is 17.0. The number of hydrogen-bond donors (Lipinski definition) is 2. The summed E-state index contributed by atoms with van der Waals surface area (Å²) in [7, 11) is 3.14. The van der Waals surface area contributed by atoms with Gasteiger partial charge >= 0.3 is 5.97 Å². The first kappa shape index (κ1) is 21.9. The van der Waals surface area contributed by atoms with E-state index >= 15 is 0 Å². The molecule has 152 valence electrons. The van der Waals surface area contributed by atoms with Crippen LogP contribution in [0.25, 0.3) is 0 Å². The lowest BCUT2D eigenvalue weighted by atomic mass is 9.87. The van der Waals surface area contributed by atoms with Crippen molar-refractivity contribution in [3.05, 3.63) is 65.2 Å². The smallest absolute Gasteiger partial charge is 0.337 e. The van der Waals surface area contributed by atoms with Gasteiger partial charge in [-0.3, -0.25) is 0 Å². The van der Waals surface area contributed by atoms with Crippen LogP contribution in [0.2, 0.25) is 0 Å². The van der Waals surface area contributed by atoms with Gasteiger partial charge in [0.15, 0.2) is 6.10 Å². The van der Waals surface area contributed by atoms with Crippen LogP contribution < -0.4 is 10.1 Å². The van der Waals surface area contributed by atoms with Gasteiger partial charge in [-0.25, -0.2) is 4.79 Å². The third-order valence-corrected chi connectivity index (χ3v) is 4.90. The van der Waals surface area contributed by atoms with Crippen LogP contribution in [0.3, 0.4) is 0 Å². The molecule has 1 aliphatic carbocycles. The van der Waals surface area contributed by atoms with E-state index in [2.05, 4.69) is 30.4 Å². The molecule has 5 heteroatoms. The Hall–Kier alpha value is -2.37. The predicted octanol–water partition coefficient (Wildman–Crippen LogP) is 4.01. The lowest BCUT2D eigenvalue weighted by molar-refractivity contribution is -0.148. The minimum atomic E-state index is -0.969. The summed E-state index contributed by atoms with van der Waals surface area (Å²) in [6.45, 7) is 3.34. The van der Waals surface area contributed by atoms with Gasteiger partial charge in [-0.05, 0) is 55.0 Å². The van der Waals surface area contributed by atoms with E-state index in [9.17, 15) is 4.79 Å². The van der Waals surface area contributed by atoms with E-state index in [1.807, 2.05) is 6.07 Å². The standard InChI is InChI=1S/C14H21NO.C9H10O3/c1-3-9-15-12-7-8-13-11(10-12)5-4-6-14(13)16-2;1-12-8(9(10)11)7-5-3-2-4-6-7/h4-6,12,15H,3,7-10H2,1-2H3;2-6,8H,1H3,(H,10,11)/t12-;8-/m10/s1. The Morgan fingerprint density at radius 1 is 1.18 bits per heavy atom. The molecular weight excluding hydrogens is 354 g/mol. The average Bonchev–Trinajstić information content (AvgIpc) is 2.73. The lowest BCUT2D eigenvalue weighted by Gasteiger charge is -2.26. The minimum absolute atomic E-state index is 0.652. The first-order valence-electron chi connectivity index (χ1n) is 9.79. The number of carbonyl (C=O) groups is 1. The number of rotatable bonds is 7. The van der Waals surface area contributed by atoms with Gasteiger partial charge in [0.25, 0.3) is 0 Å². The largest absolute Gasteiger partial charge is 0.496 e. The third-order valence-electron chi connectivity index (χ3n) is 4.90. The number of benzene rings is 2. The SMILES string of the molecule is CCCN[C@@H]1CCc2c(cccc2OC)C1.CO[C@H](C(=O)O)c1ccccc1. The van der Waals surface area contributed by atoms with Crippen LogP contribution in [0.1, 0.15) is 42.6 Å². The summed E-state index contributed by atoms with van der Waals surface area (Å²) in [5.74, 6) is 0.0927. The minimum Gasteiger partial charge on any atom is -0.496 e. The number of nitrogens with one attached hydrogen (secondary N) is 1. The first-order valence-corrected chi connectivity index (χ1v) is 9.79. The number of carboxylic acids is 1. The van der Waals surface area contributed by atoms with E-state index < -0.39 is 12.1 Å². The van der Waals surface area contributed by atoms with Crippen molar-refractivity contribution in [1.29, 1.82) is 0 Å². The van der Waals surface area contributed by atoms with Crippen molar-refractivity contribution >= 4 is 5.97 Å². The molecule has 2 aromatic carbocycles. The maximum atomic E-state index is 10.6. The van der Waals surface area contributed by atoms with Crippen LogP contribution in [0, 0.1) is 0 Å². The van der Waals surface area contributed by atoms with Gasteiger partial charge in [0.05, 0.1) is 7.11 Å². The molecule has 0 bridgehead atoms. The molecule has 0 amide bonds. The second-order valence-electron chi connectivity index (χ2n) is 6.86. The van der Waals surface area contributed by atoms with Crippen molar-refractivity contribution < 1.29 is 19.4 Å². The Balaban J connectivity index is 0.000000209. The van der Waals surface area contributed by atoms with Crippen LogP contribution >= 0.6 is 0 Å². The van der Waals surface area contributed by atoms with Crippen molar-refractivity contribution in [2.75, 3.05) is 20.8 Å². The summed E-state index contributed by atoms with van der Waals surface area (Å²) >= 11 is 0. The maximum Gasteiger partial charge on any atom is 0.337 e. The molecule has 0 saturated carbocycles. The van der Waals surface area contributed by atoms with Gasteiger partial charge in [0, 0.05) is 13.2 Å². The monoisotopic (exact) mass is 385 g/mol. The fourth-order valence-electron chi connectivity index (χ4n) is 3.49. The molecule has 2 N–H and O–H groups in total. The van der Waals surface area contributed by atoms with Crippen LogP contribution in [-0.2, 0) is 22.4 Å². The van der Waals surface area contributed by atoms with Gasteiger partial charge in [-0.1, -0.05) is 49.4 Å². The van der Waals surface area contributed by atoms with Gasteiger partial charge in [-0.15, -0.1) is 0 Å². The van der Waals surface area contributed by atoms with Crippen LogP contribution in [0.5, 0.6) is 5.75 Å². The van der Waals surface area contributed by atoms with Crippen molar-refractivity contribution in [2.24, 2.45) is 0 Å². The second kappa shape index (κ2) is 11.5. The van der Waals surface area contributed by atoms with Crippen molar-refractivity contribution in [1.82, 2.24) is 5.32 Å². The van der Waals surface area contributed by atoms with Crippen molar-refractivity contribution in [3.8, 4) is 5.75 Å². The number of carboxylic acid groups (broad SMARTS) is 1. The third kappa shape index (κ3) is 6.08. The Bertz CT molecular complexity index is 733. The molecule has 0 fully saturated rings. The van der Waals surface area contributed by atoms with E-state index in [4.69, 9.17) is 14.6 Å². The molecule has 3 rings (SSSR count). The number of aliphatic carboxylic acids is 1. The fourth-order valence-corrected chi connectivity index (χ4v) is 3.49. The summed E-state index contributed by atoms with van der Waals surface area (Å²) in [5.41, 5.74) is 3.53. The van der Waals surface area contributed by atoms with E-state index in [0.717, 1.165) is 25.1 Å². The van der Waals surface area contributed by atoms with Crippen LogP contribution in [-0.4, -0.2) is 37.9 Å². The predicted molar refractivity (Wildman–Crippen MR) is 111 cm³/mol. The van der Waals surface area contributed by atoms with Crippen molar-refractivity contribution in [2.45, 2.75) is 44.8 Å². The van der Waals surface area contributed by atoms with E-state index in [1.54, 1.807) is 31.4 Å². The number of methoxy groups -OCH3 is 2. The molecule has 2 aromatic rings. The summed E-state index contributed by atoms with van der Waals surface area (Å²) in [6.07, 6.45) is 3.87. The van der Waals surface area contributed by atoms with E-state index in [1.165, 1.54) is 31.1 Å². The lowest BCUT2D eigenvalue weighted by Crippen LogP contribution is -2.35. The summed E-state index contributed by atoms with van der Waals surface area (Å²) in [4.78, 5) is 10.6. The molecule has 0 aliphatic heterocycles. The fraction of sp³-hybridized carbons (Fsp3) is 0.435. The number of fused-ring (bicyclic) bond motifs is 1. The molecule has 1 aliphatic rings. The first-order chi connectivity index (χ1) is 13.6. The zero-order valence-corrected chi connectivity index (χ0v) is 17.0. The van der Waals surface area contributed by atoms with Crippen LogP contribution in [0.4, 0.5) is 0 Å². The molecule has 0 heterocycles. The van der Waals surface area contributed by atoms with Gasteiger partial charge in [0.1, 0.15) is 5.75 Å². The number of hydrogen-bond acceptors (Lipinski definition) is 4. The molecule has 5 nitrogen and oxygen atoms in total. The Morgan fingerprint density at radius 3 is 2.54 bits per heavy atom. The molecule has 2 atom stereocenters. The normalized spacial score (nSPS) is 16.3. The topological polar surface area (TPSA) is 67.8 Å². The molecular formula is C23H31NO4. The highest BCUT2D eigenvalue weighted by molar-refractivity contribution is 5.74. The van der Waals surface area contributed by atoms with Crippen molar-refractivity contribution in [3.63, 3.8) is 0 Å². The number of ether oxygens (including phenoxy) is 2. The Labute approximate surface area is 167 Å². The molecule has 28 heavy (non-hydrogen) atoms. The molecule has 0 spiro atoms. The van der Waals surface area contributed by atoms with Gasteiger partial charge < -0.3 is 19.9 Å².